The van der Waals surface area contributed by atoms with E-state index in [0.29, 0.717) is 12.1 Å². The molecule has 2 aliphatic heterocycles. The Balaban J connectivity index is 0.00000289. The van der Waals surface area contributed by atoms with Gasteiger partial charge >= 0.3 is 0 Å². The largest absolute Gasteiger partial charge is 0.356 e. The number of guanidine groups is 1. The first kappa shape index (κ1) is 24.8. The fourth-order valence-corrected chi connectivity index (χ4v) is 4.71. The van der Waals surface area contributed by atoms with Gasteiger partial charge in [0.25, 0.3) is 0 Å². The van der Waals surface area contributed by atoms with Crippen molar-refractivity contribution in [1.29, 1.82) is 0 Å². The number of piperidine rings is 1. The van der Waals surface area contributed by atoms with E-state index in [2.05, 4.69) is 85.9 Å². The summed E-state index contributed by atoms with van der Waals surface area (Å²) in [5.74, 6) is 2.03. The van der Waals surface area contributed by atoms with E-state index in [1.807, 2.05) is 7.05 Å². The zero-order valence-corrected chi connectivity index (χ0v) is 21.7. The molecule has 0 bridgehead atoms. The van der Waals surface area contributed by atoms with E-state index < -0.39 is 0 Å². The number of pyridine rings is 1. The molecule has 2 aliphatic rings. The van der Waals surface area contributed by atoms with E-state index in [4.69, 9.17) is 0 Å². The first-order chi connectivity index (χ1) is 15.2. The van der Waals surface area contributed by atoms with Crippen LogP contribution in [0.4, 0.5) is 5.82 Å². The summed E-state index contributed by atoms with van der Waals surface area (Å²) in [6.07, 6.45) is 4.72. The number of nitrogens with zero attached hydrogens (tertiary/aromatic N) is 4. The van der Waals surface area contributed by atoms with Gasteiger partial charge in [0.15, 0.2) is 5.96 Å². The van der Waals surface area contributed by atoms with E-state index in [9.17, 15) is 0 Å². The standard InChI is InChI=1S/C25H36N6.HI/c1-20-8-6-12-24(28-20)30-16-13-22(14-17-30)29-25(26-2)27-18-23-11-7-15-31(23)19-21-9-4-3-5-10-21;/h3-6,8-10,12,22-23H,7,11,13-19H2,1-2H3,(H2,26,27,29);1H. The Kier molecular flexibility index (Phi) is 9.59. The number of hydrogen-bond acceptors (Lipinski definition) is 4. The molecule has 2 aromatic rings. The maximum absolute atomic E-state index is 4.67. The molecule has 1 aromatic heterocycles. The summed E-state index contributed by atoms with van der Waals surface area (Å²) < 4.78 is 0. The highest BCUT2D eigenvalue weighted by molar-refractivity contribution is 14.0. The third kappa shape index (κ3) is 6.81. The number of halogens is 1. The second-order valence-corrected chi connectivity index (χ2v) is 8.75. The number of nitrogens with one attached hydrogen (secondary N) is 2. The van der Waals surface area contributed by atoms with E-state index in [1.165, 1.54) is 24.9 Å². The highest BCUT2D eigenvalue weighted by Crippen LogP contribution is 2.20. The van der Waals surface area contributed by atoms with Gasteiger partial charge in [0.05, 0.1) is 0 Å². The summed E-state index contributed by atoms with van der Waals surface area (Å²) in [5, 5.41) is 7.25. The first-order valence-corrected chi connectivity index (χ1v) is 11.6. The molecule has 32 heavy (non-hydrogen) atoms. The summed E-state index contributed by atoms with van der Waals surface area (Å²) in [5.41, 5.74) is 2.47. The minimum atomic E-state index is 0. The molecule has 2 N–H and O–H groups in total. The second kappa shape index (κ2) is 12.4. The Morgan fingerprint density at radius 1 is 1.03 bits per heavy atom. The van der Waals surface area contributed by atoms with E-state index in [0.717, 1.165) is 56.5 Å². The Morgan fingerprint density at radius 2 is 1.81 bits per heavy atom. The van der Waals surface area contributed by atoms with Gasteiger partial charge in [-0.05, 0) is 56.8 Å². The number of hydrogen-bond donors (Lipinski definition) is 2. The van der Waals surface area contributed by atoms with Crippen molar-refractivity contribution in [3.05, 3.63) is 59.8 Å². The molecule has 1 unspecified atom stereocenters. The minimum absolute atomic E-state index is 0. The van der Waals surface area contributed by atoms with Crippen molar-refractivity contribution < 1.29 is 0 Å². The Bertz CT molecular complexity index is 851. The van der Waals surface area contributed by atoms with Gasteiger partial charge in [0.1, 0.15) is 5.82 Å². The van der Waals surface area contributed by atoms with Gasteiger partial charge in [0, 0.05) is 51.0 Å². The molecule has 6 nitrogen and oxygen atoms in total. The normalized spacial score (nSPS) is 20.1. The van der Waals surface area contributed by atoms with Gasteiger partial charge in [-0.15, -0.1) is 24.0 Å². The maximum Gasteiger partial charge on any atom is 0.191 e. The zero-order valence-electron chi connectivity index (χ0n) is 19.3. The molecule has 4 rings (SSSR count). The van der Waals surface area contributed by atoms with Gasteiger partial charge in [-0.25, -0.2) is 4.98 Å². The van der Waals surface area contributed by atoms with Crippen LogP contribution in [0.25, 0.3) is 0 Å². The van der Waals surface area contributed by atoms with Crippen molar-refractivity contribution in [2.45, 2.75) is 51.2 Å². The molecule has 0 radical (unpaired) electrons. The molecule has 2 fully saturated rings. The molecule has 1 aromatic carbocycles. The quantitative estimate of drug-likeness (QED) is 0.327. The van der Waals surface area contributed by atoms with Crippen molar-refractivity contribution in [2.75, 3.05) is 38.1 Å². The number of likely N-dealkylation sites (tertiary alicyclic amines) is 1. The SMILES string of the molecule is CN=C(NCC1CCCN1Cc1ccccc1)NC1CCN(c2cccc(C)n2)CC1.I. The van der Waals surface area contributed by atoms with Crippen LogP contribution in [0.1, 0.15) is 36.9 Å². The fourth-order valence-electron chi connectivity index (χ4n) is 4.71. The molecule has 7 heteroatoms. The van der Waals surface area contributed by atoms with Crippen molar-refractivity contribution >= 4 is 35.8 Å². The first-order valence-electron chi connectivity index (χ1n) is 11.6. The van der Waals surface area contributed by atoms with Crippen LogP contribution in [0.5, 0.6) is 0 Å². The lowest BCUT2D eigenvalue weighted by molar-refractivity contribution is 0.245. The third-order valence-corrected chi connectivity index (χ3v) is 6.49. The summed E-state index contributed by atoms with van der Waals surface area (Å²) in [6, 6.07) is 18.1. The molecular formula is C25H37IN6. The maximum atomic E-state index is 4.67. The molecule has 3 heterocycles. The average molecular weight is 549 g/mol. The number of benzene rings is 1. The molecule has 0 aliphatic carbocycles. The smallest absolute Gasteiger partial charge is 0.191 e. The van der Waals surface area contributed by atoms with Crippen LogP contribution < -0.4 is 15.5 Å². The number of rotatable bonds is 6. The number of aromatic nitrogens is 1. The predicted molar refractivity (Wildman–Crippen MR) is 144 cm³/mol. The van der Waals surface area contributed by atoms with Crippen molar-refractivity contribution in [1.82, 2.24) is 20.5 Å². The van der Waals surface area contributed by atoms with Gasteiger partial charge < -0.3 is 15.5 Å². The Hall–Kier alpha value is -1.87. The van der Waals surface area contributed by atoms with Crippen LogP contribution >= 0.6 is 24.0 Å². The second-order valence-electron chi connectivity index (χ2n) is 8.75. The molecule has 2 saturated heterocycles. The van der Waals surface area contributed by atoms with Crippen molar-refractivity contribution in [3.63, 3.8) is 0 Å². The van der Waals surface area contributed by atoms with E-state index in [1.54, 1.807) is 0 Å². The fraction of sp³-hybridized carbons (Fsp3) is 0.520. The Labute approximate surface area is 209 Å². The van der Waals surface area contributed by atoms with Crippen LogP contribution in [0.2, 0.25) is 0 Å². The monoisotopic (exact) mass is 548 g/mol. The summed E-state index contributed by atoms with van der Waals surface area (Å²) in [4.78, 5) is 14.2. The molecule has 0 amide bonds. The Morgan fingerprint density at radius 3 is 2.53 bits per heavy atom. The van der Waals surface area contributed by atoms with Crippen LogP contribution in [-0.2, 0) is 6.54 Å². The van der Waals surface area contributed by atoms with Gasteiger partial charge in [-0.3, -0.25) is 9.89 Å². The molecule has 0 saturated carbocycles. The van der Waals surface area contributed by atoms with E-state index in [-0.39, 0.29) is 24.0 Å². The molecule has 1 atom stereocenters. The topological polar surface area (TPSA) is 55.8 Å². The molecule has 174 valence electrons. The van der Waals surface area contributed by atoms with Gasteiger partial charge in [-0.2, -0.15) is 0 Å². The third-order valence-electron chi connectivity index (χ3n) is 6.49. The number of aliphatic imine (C=N–C) groups is 1. The predicted octanol–water partition coefficient (Wildman–Crippen LogP) is 3.81. The van der Waals surface area contributed by atoms with E-state index >= 15 is 0 Å². The lowest BCUT2D eigenvalue weighted by atomic mass is 10.1. The average Bonchev–Trinajstić information content (AvgIpc) is 3.24. The minimum Gasteiger partial charge on any atom is -0.356 e. The number of aryl methyl sites for hydroxylation is 1. The summed E-state index contributed by atoms with van der Waals surface area (Å²) in [6.45, 7) is 7.26. The van der Waals surface area contributed by atoms with Gasteiger partial charge in [-0.1, -0.05) is 36.4 Å². The summed E-state index contributed by atoms with van der Waals surface area (Å²) in [7, 11) is 1.87. The van der Waals surface area contributed by atoms with Crippen LogP contribution in [0.3, 0.4) is 0 Å². The summed E-state index contributed by atoms with van der Waals surface area (Å²) >= 11 is 0. The highest BCUT2D eigenvalue weighted by Gasteiger charge is 2.25. The van der Waals surface area contributed by atoms with Crippen LogP contribution in [0.15, 0.2) is 53.5 Å². The molecule has 0 spiro atoms. The van der Waals surface area contributed by atoms with Gasteiger partial charge in [0.2, 0.25) is 0 Å². The molecular weight excluding hydrogens is 511 g/mol. The lowest BCUT2D eigenvalue weighted by Gasteiger charge is -2.34. The van der Waals surface area contributed by atoms with Crippen molar-refractivity contribution in [2.24, 2.45) is 4.99 Å². The zero-order chi connectivity index (χ0) is 21.5. The highest BCUT2D eigenvalue weighted by atomic mass is 127. The van der Waals surface area contributed by atoms with Crippen LogP contribution in [0, 0.1) is 6.92 Å². The van der Waals surface area contributed by atoms with Crippen molar-refractivity contribution in [3.8, 4) is 0 Å². The van der Waals surface area contributed by atoms with Crippen LogP contribution in [-0.4, -0.2) is 61.2 Å². The lowest BCUT2D eigenvalue weighted by Crippen LogP contribution is -2.51. The number of anilines is 1.